The van der Waals surface area contributed by atoms with Crippen LogP contribution in [0.2, 0.25) is 0 Å². The summed E-state index contributed by atoms with van der Waals surface area (Å²) in [5, 5.41) is 5.67. The zero-order chi connectivity index (χ0) is 15.8. The van der Waals surface area contributed by atoms with E-state index in [0.29, 0.717) is 11.4 Å². The monoisotopic (exact) mass is 291 g/mol. The van der Waals surface area contributed by atoms with Gasteiger partial charge >= 0.3 is 0 Å². The Kier molecular flexibility index (Phi) is 6.88. The van der Waals surface area contributed by atoms with Gasteiger partial charge in [-0.25, -0.2) is 0 Å². The van der Waals surface area contributed by atoms with Crippen molar-refractivity contribution in [2.45, 2.75) is 40.0 Å². The van der Waals surface area contributed by atoms with Crippen LogP contribution in [0.4, 0.5) is 11.4 Å². The molecule has 0 aliphatic carbocycles. The van der Waals surface area contributed by atoms with Crippen molar-refractivity contribution >= 4 is 23.2 Å². The molecule has 0 radical (unpaired) electrons. The molecule has 0 saturated carbocycles. The van der Waals surface area contributed by atoms with Crippen LogP contribution in [0.3, 0.4) is 0 Å². The van der Waals surface area contributed by atoms with Crippen LogP contribution in [-0.2, 0) is 16.0 Å². The highest BCUT2D eigenvalue weighted by atomic mass is 16.2. The van der Waals surface area contributed by atoms with Crippen molar-refractivity contribution in [2.75, 3.05) is 17.2 Å². The van der Waals surface area contributed by atoms with Crippen LogP contribution in [0.15, 0.2) is 18.2 Å². The third-order valence-corrected chi connectivity index (χ3v) is 3.57. The van der Waals surface area contributed by atoms with Gasteiger partial charge in [0.05, 0.1) is 6.54 Å². The summed E-state index contributed by atoms with van der Waals surface area (Å²) in [4.78, 5) is 23.6. The Hall–Kier alpha value is -1.88. The summed E-state index contributed by atoms with van der Waals surface area (Å²) >= 11 is 0. The quantitative estimate of drug-likeness (QED) is 0.721. The van der Waals surface area contributed by atoms with E-state index in [-0.39, 0.29) is 24.3 Å². The maximum atomic E-state index is 12.1. The van der Waals surface area contributed by atoms with Crippen molar-refractivity contribution in [1.82, 2.24) is 0 Å². The third-order valence-electron chi connectivity index (χ3n) is 3.57. The van der Waals surface area contributed by atoms with Gasteiger partial charge in [-0.2, -0.15) is 0 Å². The Labute approximate surface area is 126 Å². The van der Waals surface area contributed by atoms with Crippen LogP contribution < -0.4 is 16.4 Å². The summed E-state index contributed by atoms with van der Waals surface area (Å²) in [7, 11) is 0. The molecule has 0 heterocycles. The van der Waals surface area contributed by atoms with E-state index in [2.05, 4.69) is 10.6 Å². The van der Waals surface area contributed by atoms with E-state index in [4.69, 9.17) is 5.73 Å². The zero-order valence-electron chi connectivity index (χ0n) is 13.0. The number of amides is 2. The summed E-state index contributed by atoms with van der Waals surface area (Å²) < 4.78 is 0. The second kappa shape index (κ2) is 8.42. The van der Waals surface area contributed by atoms with Crippen LogP contribution in [0.25, 0.3) is 0 Å². The number of hydrogen-bond donors (Lipinski definition) is 3. The molecule has 0 fully saturated rings. The third kappa shape index (κ3) is 4.86. The Balaban J connectivity index is 2.91. The average molecular weight is 291 g/mol. The van der Waals surface area contributed by atoms with E-state index in [1.54, 1.807) is 6.07 Å². The van der Waals surface area contributed by atoms with E-state index in [0.717, 1.165) is 24.8 Å². The second-order valence-corrected chi connectivity index (χ2v) is 4.98. The average Bonchev–Trinajstić information content (AvgIpc) is 2.48. The highest BCUT2D eigenvalue weighted by Crippen LogP contribution is 2.22. The van der Waals surface area contributed by atoms with Gasteiger partial charge in [0.2, 0.25) is 11.8 Å². The topological polar surface area (TPSA) is 84.2 Å². The van der Waals surface area contributed by atoms with E-state index in [9.17, 15) is 9.59 Å². The lowest BCUT2D eigenvalue weighted by Crippen LogP contribution is -2.23. The fraction of sp³-hybridized carbons (Fsp3) is 0.500. The van der Waals surface area contributed by atoms with Crippen LogP contribution >= 0.6 is 0 Å². The molecular formula is C16H25N3O2. The normalized spacial score (nSPS) is 10.5. The number of anilines is 2. The van der Waals surface area contributed by atoms with Crippen molar-refractivity contribution < 1.29 is 9.59 Å². The summed E-state index contributed by atoms with van der Waals surface area (Å²) in [6, 6.07) is 5.55. The molecule has 0 unspecified atom stereocenters. The molecule has 0 spiro atoms. The van der Waals surface area contributed by atoms with Gasteiger partial charge < -0.3 is 16.4 Å². The van der Waals surface area contributed by atoms with Gasteiger partial charge in [0.1, 0.15) is 0 Å². The van der Waals surface area contributed by atoms with Crippen LogP contribution in [0.1, 0.15) is 39.2 Å². The molecule has 0 atom stereocenters. The molecule has 0 aromatic heterocycles. The fourth-order valence-corrected chi connectivity index (χ4v) is 2.18. The molecular weight excluding hydrogens is 266 g/mol. The van der Waals surface area contributed by atoms with Crippen molar-refractivity contribution in [3.63, 3.8) is 0 Å². The largest absolute Gasteiger partial charge is 0.326 e. The molecule has 0 bridgehead atoms. The first-order chi connectivity index (χ1) is 10.0. The number of nitrogens with two attached hydrogens (primary N) is 1. The molecule has 116 valence electrons. The minimum absolute atomic E-state index is 0.0120. The summed E-state index contributed by atoms with van der Waals surface area (Å²) in [5.41, 5.74) is 7.73. The Morgan fingerprint density at radius 3 is 2.33 bits per heavy atom. The van der Waals surface area contributed by atoms with Gasteiger partial charge in [-0.05, 0) is 37.0 Å². The Bertz CT molecular complexity index is 496. The molecule has 5 nitrogen and oxygen atoms in total. The van der Waals surface area contributed by atoms with Gasteiger partial charge in [0, 0.05) is 17.3 Å². The molecule has 0 aliphatic heterocycles. The van der Waals surface area contributed by atoms with Crippen LogP contribution in [-0.4, -0.2) is 18.4 Å². The summed E-state index contributed by atoms with van der Waals surface area (Å²) in [6.45, 7) is 5.95. The lowest BCUT2D eigenvalue weighted by Gasteiger charge is -2.15. The van der Waals surface area contributed by atoms with Crippen molar-refractivity contribution in [3.05, 3.63) is 23.8 Å². The van der Waals surface area contributed by atoms with Gasteiger partial charge in [-0.1, -0.05) is 26.8 Å². The lowest BCUT2D eigenvalue weighted by atomic mass is 10.0. The smallest absolute Gasteiger partial charge is 0.238 e. The highest BCUT2D eigenvalue weighted by molar-refractivity contribution is 5.96. The first-order valence-electron chi connectivity index (χ1n) is 7.49. The number of nitrogens with one attached hydrogen (secondary N) is 2. The number of hydrogen-bond acceptors (Lipinski definition) is 3. The number of carbonyl (C=O) groups is 2. The Morgan fingerprint density at radius 1 is 1.14 bits per heavy atom. The van der Waals surface area contributed by atoms with Gasteiger partial charge in [-0.15, -0.1) is 0 Å². The molecule has 1 aromatic rings. The molecule has 5 heteroatoms. The standard InChI is InChI=1S/C16H25N3O2/c1-4-11(5-2)16(21)18-13-8-7-12(6-3)14(9-13)19-15(20)10-17/h7-9,11H,4-6,10,17H2,1-3H3,(H,18,21)(H,19,20). The van der Waals surface area contributed by atoms with Crippen LogP contribution in [0.5, 0.6) is 0 Å². The predicted molar refractivity (Wildman–Crippen MR) is 86.2 cm³/mol. The van der Waals surface area contributed by atoms with E-state index >= 15 is 0 Å². The lowest BCUT2D eigenvalue weighted by molar-refractivity contribution is -0.120. The SMILES string of the molecule is CCc1ccc(NC(=O)C(CC)CC)cc1NC(=O)CN. The molecule has 21 heavy (non-hydrogen) atoms. The van der Waals surface area contributed by atoms with Gasteiger partial charge in [-0.3, -0.25) is 9.59 Å². The van der Waals surface area contributed by atoms with Crippen molar-refractivity contribution in [1.29, 1.82) is 0 Å². The molecule has 0 aliphatic rings. The highest BCUT2D eigenvalue weighted by Gasteiger charge is 2.15. The zero-order valence-corrected chi connectivity index (χ0v) is 13.0. The molecule has 0 saturated heterocycles. The maximum absolute atomic E-state index is 12.1. The molecule has 4 N–H and O–H groups in total. The minimum Gasteiger partial charge on any atom is -0.326 e. The van der Waals surface area contributed by atoms with Crippen molar-refractivity contribution in [2.24, 2.45) is 11.7 Å². The fourth-order valence-electron chi connectivity index (χ4n) is 2.18. The molecule has 1 aromatic carbocycles. The Morgan fingerprint density at radius 2 is 1.81 bits per heavy atom. The van der Waals surface area contributed by atoms with E-state index in [1.807, 2.05) is 32.9 Å². The van der Waals surface area contributed by atoms with Crippen LogP contribution in [0, 0.1) is 5.92 Å². The predicted octanol–water partition coefficient (Wildman–Crippen LogP) is 2.52. The molecule has 2 amide bonds. The number of aryl methyl sites for hydroxylation is 1. The first kappa shape index (κ1) is 17.2. The maximum Gasteiger partial charge on any atom is 0.238 e. The van der Waals surface area contributed by atoms with Gasteiger partial charge in [0.15, 0.2) is 0 Å². The van der Waals surface area contributed by atoms with E-state index < -0.39 is 0 Å². The number of carbonyl (C=O) groups excluding carboxylic acids is 2. The second-order valence-electron chi connectivity index (χ2n) is 4.98. The molecule has 1 rings (SSSR count). The van der Waals surface area contributed by atoms with Crippen molar-refractivity contribution in [3.8, 4) is 0 Å². The summed E-state index contributed by atoms with van der Waals surface area (Å²) in [5.74, 6) is -0.216. The van der Waals surface area contributed by atoms with Gasteiger partial charge in [0.25, 0.3) is 0 Å². The van der Waals surface area contributed by atoms with E-state index in [1.165, 1.54) is 0 Å². The number of benzene rings is 1. The first-order valence-corrected chi connectivity index (χ1v) is 7.49. The number of rotatable bonds is 7. The summed E-state index contributed by atoms with van der Waals surface area (Å²) in [6.07, 6.45) is 2.42. The minimum atomic E-state index is -0.242.